The molecule has 0 amide bonds. The maximum atomic E-state index is 3.84. The summed E-state index contributed by atoms with van der Waals surface area (Å²) in [5.74, 6) is 0.759. The van der Waals surface area contributed by atoms with Crippen LogP contribution in [0.15, 0.2) is 0 Å². The summed E-state index contributed by atoms with van der Waals surface area (Å²) in [7, 11) is 0. The molecule has 0 aromatic heterocycles. The second-order valence-corrected chi connectivity index (χ2v) is 7.62. The second kappa shape index (κ2) is 5.50. The lowest BCUT2D eigenvalue weighted by Crippen LogP contribution is -2.62. The van der Waals surface area contributed by atoms with Crippen molar-refractivity contribution in [3.05, 3.63) is 0 Å². The van der Waals surface area contributed by atoms with Gasteiger partial charge >= 0.3 is 0 Å². The van der Waals surface area contributed by atoms with Crippen molar-refractivity contribution in [1.29, 1.82) is 0 Å². The summed E-state index contributed by atoms with van der Waals surface area (Å²) >= 11 is 0. The van der Waals surface area contributed by atoms with Crippen molar-refractivity contribution in [2.45, 2.75) is 65.3 Å². The van der Waals surface area contributed by atoms with Gasteiger partial charge in [-0.05, 0) is 24.2 Å². The van der Waals surface area contributed by atoms with E-state index in [0.717, 1.165) is 5.92 Å². The Balaban J connectivity index is 1.94. The normalized spacial score (nSPS) is 25.8. The van der Waals surface area contributed by atoms with E-state index in [0.29, 0.717) is 11.0 Å². The SMILES string of the molecule is CC(C)C(C)(C)CN1CCNC2(CCCCC2)C1. The summed E-state index contributed by atoms with van der Waals surface area (Å²) in [6.07, 6.45) is 7.08. The molecule has 2 aliphatic rings. The molecule has 1 heterocycles. The summed E-state index contributed by atoms with van der Waals surface area (Å²) in [5.41, 5.74) is 0.900. The highest BCUT2D eigenvalue weighted by molar-refractivity contribution is 4.97. The molecule has 1 saturated carbocycles. The van der Waals surface area contributed by atoms with Gasteiger partial charge in [-0.15, -0.1) is 0 Å². The van der Waals surface area contributed by atoms with E-state index in [1.807, 2.05) is 0 Å². The van der Waals surface area contributed by atoms with Gasteiger partial charge in [-0.2, -0.15) is 0 Å². The van der Waals surface area contributed by atoms with Gasteiger partial charge in [0.15, 0.2) is 0 Å². The first kappa shape index (κ1) is 14.3. The molecule has 2 rings (SSSR count). The fourth-order valence-electron chi connectivity index (χ4n) is 3.50. The van der Waals surface area contributed by atoms with Crippen molar-refractivity contribution >= 4 is 0 Å². The molecular formula is C16H32N2. The molecule has 0 atom stereocenters. The average Bonchev–Trinajstić information content (AvgIpc) is 2.29. The average molecular weight is 252 g/mol. The molecule has 1 N–H and O–H groups in total. The molecule has 2 nitrogen and oxygen atoms in total. The van der Waals surface area contributed by atoms with Crippen LogP contribution in [0.1, 0.15) is 59.8 Å². The highest BCUT2D eigenvalue weighted by Gasteiger charge is 2.37. The third kappa shape index (κ3) is 3.27. The number of rotatable bonds is 3. The molecule has 106 valence electrons. The Morgan fingerprint density at radius 1 is 1.17 bits per heavy atom. The quantitative estimate of drug-likeness (QED) is 0.829. The Hall–Kier alpha value is -0.0800. The predicted molar refractivity (Wildman–Crippen MR) is 78.9 cm³/mol. The summed E-state index contributed by atoms with van der Waals surface area (Å²) in [6, 6.07) is 0. The minimum atomic E-state index is 0.438. The van der Waals surface area contributed by atoms with Crippen LogP contribution in [-0.4, -0.2) is 36.6 Å². The second-order valence-electron chi connectivity index (χ2n) is 7.62. The number of hydrogen-bond acceptors (Lipinski definition) is 2. The first-order valence-corrected chi connectivity index (χ1v) is 7.91. The molecule has 1 aliphatic heterocycles. The maximum absolute atomic E-state index is 3.84. The zero-order valence-electron chi connectivity index (χ0n) is 12.9. The number of nitrogens with one attached hydrogen (secondary N) is 1. The van der Waals surface area contributed by atoms with E-state index < -0.39 is 0 Å². The van der Waals surface area contributed by atoms with E-state index in [2.05, 4.69) is 37.9 Å². The zero-order valence-corrected chi connectivity index (χ0v) is 12.9. The van der Waals surface area contributed by atoms with Crippen LogP contribution in [0.2, 0.25) is 0 Å². The van der Waals surface area contributed by atoms with Gasteiger partial charge in [0, 0.05) is 31.7 Å². The van der Waals surface area contributed by atoms with E-state index in [-0.39, 0.29) is 0 Å². The van der Waals surface area contributed by atoms with Gasteiger partial charge in [0.25, 0.3) is 0 Å². The maximum Gasteiger partial charge on any atom is 0.0309 e. The Morgan fingerprint density at radius 3 is 2.44 bits per heavy atom. The van der Waals surface area contributed by atoms with Crippen molar-refractivity contribution < 1.29 is 0 Å². The molecule has 0 unspecified atom stereocenters. The molecule has 1 aliphatic carbocycles. The monoisotopic (exact) mass is 252 g/mol. The lowest BCUT2D eigenvalue weighted by Gasteiger charge is -2.48. The van der Waals surface area contributed by atoms with Gasteiger partial charge in [0.1, 0.15) is 0 Å². The van der Waals surface area contributed by atoms with Crippen molar-refractivity contribution in [2.24, 2.45) is 11.3 Å². The minimum Gasteiger partial charge on any atom is -0.309 e. The third-order valence-electron chi connectivity index (χ3n) is 5.46. The lowest BCUT2D eigenvalue weighted by atomic mass is 9.77. The van der Waals surface area contributed by atoms with Crippen molar-refractivity contribution in [1.82, 2.24) is 10.2 Å². The first-order valence-electron chi connectivity index (χ1n) is 7.91. The topological polar surface area (TPSA) is 15.3 Å². The Kier molecular flexibility index (Phi) is 4.38. The zero-order chi connectivity index (χ0) is 13.2. The molecule has 0 aromatic rings. The molecule has 2 fully saturated rings. The molecule has 0 radical (unpaired) electrons. The van der Waals surface area contributed by atoms with Crippen LogP contribution in [-0.2, 0) is 0 Å². The van der Waals surface area contributed by atoms with Gasteiger partial charge < -0.3 is 5.32 Å². The largest absolute Gasteiger partial charge is 0.309 e. The van der Waals surface area contributed by atoms with E-state index in [1.165, 1.54) is 58.3 Å². The molecular weight excluding hydrogens is 220 g/mol. The van der Waals surface area contributed by atoms with E-state index in [4.69, 9.17) is 0 Å². The van der Waals surface area contributed by atoms with Crippen LogP contribution in [0, 0.1) is 11.3 Å². The van der Waals surface area contributed by atoms with Crippen LogP contribution < -0.4 is 5.32 Å². The van der Waals surface area contributed by atoms with Gasteiger partial charge in [-0.3, -0.25) is 4.90 Å². The highest BCUT2D eigenvalue weighted by atomic mass is 15.2. The van der Waals surface area contributed by atoms with Crippen LogP contribution in [0.3, 0.4) is 0 Å². The number of piperazine rings is 1. The Labute approximate surface area is 114 Å². The standard InChI is InChI=1S/C16H32N2/c1-14(2)15(3,4)12-18-11-10-17-16(13-18)8-6-5-7-9-16/h14,17H,5-13H2,1-4H3. The fraction of sp³-hybridized carbons (Fsp3) is 1.00. The molecule has 1 saturated heterocycles. The van der Waals surface area contributed by atoms with Crippen LogP contribution in [0.4, 0.5) is 0 Å². The van der Waals surface area contributed by atoms with E-state index in [9.17, 15) is 0 Å². The van der Waals surface area contributed by atoms with Crippen LogP contribution in [0.25, 0.3) is 0 Å². The molecule has 2 heteroatoms. The van der Waals surface area contributed by atoms with Crippen LogP contribution in [0.5, 0.6) is 0 Å². The Bertz CT molecular complexity index is 259. The van der Waals surface area contributed by atoms with Crippen molar-refractivity contribution in [2.75, 3.05) is 26.2 Å². The molecule has 0 aromatic carbocycles. The van der Waals surface area contributed by atoms with Gasteiger partial charge in [0.05, 0.1) is 0 Å². The first-order chi connectivity index (χ1) is 8.44. The highest BCUT2D eigenvalue weighted by Crippen LogP contribution is 2.33. The van der Waals surface area contributed by atoms with Crippen LogP contribution >= 0.6 is 0 Å². The van der Waals surface area contributed by atoms with E-state index >= 15 is 0 Å². The Morgan fingerprint density at radius 2 is 1.83 bits per heavy atom. The number of hydrogen-bond donors (Lipinski definition) is 1. The molecule has 18 heavy (non-hydrogen) atoms. The third-order valence-corrected chi connectivity index (χ3v) is 5.46. The molecule has 0 bridgehead atoms. The van der Waals surface area contributed by atoms with Gasteiger partial charge in [-0.25, -0.2) is 0 Å². The van der Waals surface area contributed by atoms with Gasteiger partial charge in [0.2, 0.25) is 0 Å². The number of nitrogens with zero attached hydrogens (tertiary/aromatic N) is 1. The summed E-state index contributed by atoms with van der Waals surface area (Å²) in [5, 5.41) is 3.84. The van der Waals surface area contributed by atoms with Gasteiger partial charge in [-0.1, -0.05) is 47.0 Å². The van der Waals surface area contributed by atoms with Crippen molar-refractivity contribution in [3.8, 4) is 0 Å². The smallest absolute Gasteiger partial charge is 0.0309 e. The van der Waals surface area contributed by atoms with Crippen molar-refractivity contribution in [3.63, 3.8) is 0 Å². The fourth-order valence-corrected chi connectivity index (χ4v) is 3.50. The summed E-state index contributed by atoms with van der Waals surface area (Å²) < 4.78 is 0. The lowest BCUT2D eigenvalue weighted by molar-refractivity contribution is 0.0567. The summed E-state index contributed by atoms with van der Waals surface area (Å²) in [6.45, 7) is 14.5. The van der Waals surface area contributed by atoms with E-state index in [1.54, 1.807) is 0 Å². The molecule has 1 spiro atoms. The summed E-state index contributed by atoms with van der Waals surface area (Å²) in [4.78, 5) is 2.72. The predicted octanol–water partition coefficient (Wildman–Crippen LogP) is 3.28. The minimum absolute atomic E-state index is 0.438.